The molecule has 1 aromatic carbocycles. The van der Waals surface area contributed by atoms with Gasteiger partial charge in [0.15, 0.2) is 0 Å². The van der Waals surface area contributed by atoms with E-state index in [1.54, 1.807) is 4.90 Å². The fourth-order valence-corrected chi connectivity index (χ4v) is 3.46. The summed E-state index contributed by atoms with van der Waals surface area (Å²) in [4.78, 5) is 36.2. The van der Waals surface area contributed by atoms with Crippen molar-refractivity contribution in [1.29, 1.82) is 0 Å². The molecule has 0 unspecified atom stereocenters. The van der Waals surface area contributed by atoms with Crippen LogP contribution < -0.4 is 10.6 Å². The minimum atomic E-state index is -0.955. The van der Waals surface area contributed by atoms with Crippen LogP contribution in [0.2, 0.25) is 0 Å². The molecule has 0 spiro atoms. The third-order valence-electron chi connectivity index (χ3n) is 4.31. The summed E-state index contributed by atoms with van der Waals surface area (Å²) < 4.78 is 13.4. The Hall–Kier alpha value is -3.01. The van der Waals surface area contributed by atoms with E-state index in [1.807, 2.05) is 17.5 Å². The average Bonchev–Trinajstić information content (AvgIpc) is 3.16. The molecule has 0 aliphatic carbocycles. The Morgan fingerprint density at radius 1 is 1.22 bits per heavy atom. The van der Waals surface area contributed by atoms with Crippen LogP contribution in [0.25, 0.3) is 0 Å². The molecule has 2 aromatic rings. The Bertz CT molecular complexity index is 851. The van der Waals surface area contributed by atoms with E-state index in [2.05, 4.69) is 10.6 Å². The van der Waals surface area contributed by atoms with Gasteiger partial charge in [-0.3, -0.25) is 20.2 Å². The van der Waals surface area contributed by atoms with Crippen LogP contribution >= 0.6 is 11.3 Å². The highest BCUT2D eigenvalue weighted by Gasteiger charge is 2.28. The number of nitro benzene ring substituents is 1. The Kier molecular flexibility index (Phi) is 5.65. The van der Waals surface area contributed by atoms with Gasteiger partial charge in [-0.2, -0.15) is 4.39 Å². The molecule has 0 atom stereocenters. The molecule has 2 N–H and O–H groups in total. The normalized spacial score (nSPS) is 14.6. The average molecular weight is 392 g/mol. The molecule has 0 saturated carbocycles. The van der Waals surface area contributed by atoms with Crippen LogP contribution in [-0.2, 0) is 4.79 Å². The highest BCUT2D eigenvalue weighted by molar-refractivity contribution is 7.14. The molecule has 10 heteroatoms. The van der Waals surface area contributed by atoms with Gasteiger partial charge in [-0.15, -0.1) is 11.3 Å². The zero-order valence-electron chi connectivity index (χ0n) is 14.2. The Labute approximate surface area is 158 Å². The van der Waals surface area contributed by atoms with Crippen LogP contribution in [0.1, 0.15) is 12.8 Å². The number of hydrogen-bond donors (Lipinski definition) is 2. The number of benzene rings is 1. The molecule has 1 aromatic heterocycles. The number of nitrogens with one attached hydrogen (secondary N) is 2. The first-order valence-electron chi connectivity index (χ1n) is 8.28. The second-order valence-corrected chi connectivity index (χ2v) is 7.03. The van der Waals surface area contributed by atoms with Crippen LogP contribution in [0.15, 0.2) is 35.7 Å². The summed E-state index contributed by atoms with van der Waals surface area (Å²) in [6.45, 7) is 0.859. The van der Waals surface area contributed by atoms with Crippen molar-refractivity contribution in [3.63, 3.8) is 0 Å². The molecule has 1 fully saturated rings. The molecule has 0 radical (unpaired) electrons. The maximum Gasteiger partial charge on any atom is 0.322 e. The van der Waals surface area contributed by atoms with Crippen molar-refractivity contribution < 1.29 is 18.9 Å². The lowest BCUT2D eigenvalue weighted by atomic mass is 9.96. The number of nitrogens with zero attached hydrogens (tertiary/aromatic N) is 2. The van der Waals surface area contributed by atoms with E-state index in [4.69, 9.17) is 0 Å². The van der Waals surface area contributed by atoms with Crippen LogP contribution in [0.4, 0.5) is 25.6 Å². The third-order valence-corrected chi connectivity index (χ3v) is 5.10. The fourth-order valence-electron chi connectivity index (χ4n) is 2.85. The summed E-state index contributed by atoms with van der Waals surface area (Å²) in [7, 11) is 0. The predicted octanol–water partition coefficient (Wildman–Crippen LogP) is 3.68. The van der Waals surface area contributed by atoms with Crippen molar-refractivity contribution in [3.8, 4) is 0 Å². The van der Waals surface area contributed by atoms with Gasteiger partial charge < -0.3 is 10.2 Å². The summed E-state index contributed by atoms with van der Waals surface area (Å²) >= 11 is 1.43. The Morgan fingerprint density at radius 2 is 1.96 bits per heavy atom. The van der Waals surface area contributed by atoms with Gasteiger partial charge in [-0.05, 0) is 42.5 Å². The smallest absolute Gasteiger partial charge is 0.322 e. The minimum absolute atomic E-state index is 0.172. The van der Waals surface area contributed by atoms with E-state index in [0.717, 1.165) is 17.1 Å². The van der Waals surface area contributed by atoms with Gasteiger partial charge in [-0.25, -0.2) is 4.79 Å². The van der Waals surface area contributed by atoms with E-state index < -0.39 is 16.4 Å². The first-order chi connectivity index (χ1) is 12.9. The van der Waals surface area contributed by atoms with Gasteiger partial charge in [0.25, 0.3) is 0 Å². The molecule has 2 heterocycles. The molecule has 1 aliphatic rings. The zero-order valence-corrected chi connectivity index (χ0v) is 15.0. The highest BCUT2D eigenvalue weighted by Crippen LogP contribution is 2.24. The summed E-state index contributed by atoms with van der Waals surface area (Å²) in [6, 6.07) is 6.68. The van der Waals surface area contributed by atoms with Crippen molar-refractivity contribution in [2.75, 3.05) is 23.7 Å². The Morgan fingerprint density at radius 3 is 2.59 bits per heavy atom. The van der Waals surface area contributed by atoms with Crippen molar-refractivity contribution in [2.24, 2.45) is 5.92 Å². The van der Waals surface area contributed by atoms with Crippen molar-refractivity contribution >= 4 is 39.7 Å². The number of thiophene rings is 1. The number of amides is 3. The number of carbonyl (C=O) groups is 2. The number of piperidine rings is 1. The molecule has 1 aliphatic heterocycles. The summed E-state index contributed by atoms with van der Waals surface area (Å²) in [5, 5.41) is 18.8. The molecular formula is C17H17FN4O4S. The largest absolute Gasteiger partial charge is 0.326 e. The summed E-state index contributed by atoms with van der Waals surface area (Å²) in [5.74, 6) is -1.57. The maximum atomic E-state index is 13.4. The van der Waals surface area contributed by atoms with Crippen molar-refractivity contribution in [1.82, 2.24) is 4.90 Å². The van der Waals surface area contributed by atoms with Crippen LogP contribution in [0.3, 0.4) is 0 Å². The SMILES string of the molecule is O=C(Nc1ccc(F)c([N+](=O)[O-])c1)C1CCN(C(=O)Nc2cccs2)CC1. The van der Waals surface area contributed by atoms with Gasteiger partial charge >= 0.3 is 11.7 Å². The van der Waals surface area contributed by atoms with Gasteiger partial charge in [0.1, 0.15) is 0 Å². The lowest BCUT2D eigenvalue weighted by Gasteiger charge is -2.31. The van der Waals surface area contributed by atoms with Gasteiger partial charge in [-0.1, -0.05) is 0 Å². The first kappa shape index (κ1) is 18.8. The van der Waals surface area contributed by atoms with Crippen molar-refractivity contribution in [3.05, 3.63) is 51.6 Å². The summed E-state index contributed by atoms with van der Waals surface area (Å²) in [5.41, 5.74) is -0.515. The number of nitro groups is 1. The fraction of sp³-hybridized carbons (Fsp3) is 0.294. The predicted molar refractivity (Wildman–Crippen MR) is 99.3 cm³/mol. The van der Waals surface area contributed by atoms with Gasteiger partial charge in [0.2, 0.25) is 11.7 Å². The van der Waals surface area contributed by atoms with Crippen molar-refractivity contribution in [2.45, 2.75) is 12.8 Å². The van der Waals surface area contributed by atoms with Crippen LogP contribution in [0, 0.1) is 21.8 Å². The minimum Gasteiger partial charge on any atom is -0.326 e. The monoisotopic (exact) mass is 392 g/mol. The topological polar surface area (TPSA) is 105 Å². The van der Waals surface area contributed by atoms with Gasteiger partial charge in [0, 0.05) is 30.8 Å². The third kappa shape index (κ3) is 4.59. The zero-order chi connectivity index (χ0) is 19.4. The highest BCUT2D eigenvalue weighted by atomic mass is 32.1. The number of rotatable bonds is 4. The second kappa shape index (κ2) is 8.12. The molecule has 27 heavy (non-hydrogen) atoms. The van der Waals surface area contributed by atoms with E-state index in [-0.39, 0.29) is 23.5 Å². The van der Waals surface area contributed by atoms with E-state index in [9.17, 15) is 24.1 Å². The standard InChI is InChI=1S/C17H17FN4O4S/c18-13-4-3-12(10-14(13)22(25)26)19-16(23)11-5-7-21(8-6-11)17(24)20-15-2-1-9-27-15/h1-4,9-11H,5-8H2,(H,19,23)(H,20,24). The number of halogens is 1. The van der Waals surface area contributed by atoms with Crippen LogP contribution in [-0.4, -0.2) is 34.9 Å². The second-order valence-electron chi connectivity index (χ2n) is 6.08. The summed E-state index contributed by atoms with van der Waals surface area (Å²) in [6.07, 6.45) is 0.958. The van der Waals surface area contributed by atoms with Crippen LogP contribution in [0.5, 0.6) is 0 Å². The maximum absolute atomic E-state index is 13.4. The molecule has 142 valence electrons. The Balaban J connectivity index is 1.53. The number of hydrogen-bond acceptors (Lipinski definition) is 5. The quantitative estimate of drug-likeness (QED) is 0.612. The van der Waals surface area contributed by atoms with E-state index in [0.29, 0.717) is 25.9 Å². The molecule has 8 nitrogen and oxygen atoms in total. The first-order valence-corrected chi connectivity index (χ1v) is 9.16. The molecule has 1 saturated heterocycles. The lowest BCUT2D eigenvalue weighted by Crippen LogP contribution is -2.43. The number of urea groups is 1. The molecule has 3 amide bonds. The number of carbonyl (C=O) groups excluding carboxylic acids is 2. The van der Waals surface area contributed by atoms with E-state index >= 15 is 0 Å². The lowest BCUT2D eigenvalue weighted by molar-refractivity contribution is -0.387. The number of anilines is 2. The molecule has 3 rings (SSSR count). The van der Waals surface area contributed by atoms with Gasteiger partial charge in [0.05, 0.1) is 9.92 Å². The molecular weight excluding hydrogens is 375 g/mol. The van der Waals surface area contributed by atoms with E-state index in [1.165, 1.54) is 17.4 Å². The number of likely N-dealkylation sites (tertiary alicyclic amines) is 1. The molecule has 0 bridgehead atoms.